The van der Waals surface area contributed by atoms with Gasteiger partial charge in [-0.2, -0.15) is 4.37 Å². The summed E-state index contributed by atoms with van der Waals surface area (Å²) in [5.74, 6) is 0.144. The van der Waals surface area contributed by atoms with E-state index in [0.717, 1.165) is 55.2 Å². The number of amides is 1. The molecule has 0 aliphatic carbocycles. The Hall–Kier alpha value is -1.72. The Morgan fingerprint density at radius 2 is 1.96 bits per heavy atom. The van der Waals surface area contributed by atoms with Crippen molar-refractivity contribution in [2.24, 2.45) is 5.41 Å². The van der Waals surface area contributed by atoms with E-state index < -0.39 is 0 Å². The van der Waals surface area contributed by atoms with E-state index in [4.69, 9.17) is 0 Å². The molecule has 2 aromatic rings. The van der Waals surface area contributed by atoms with Crippen molar-refractivity contribution >= 4 is 17.4 Å². The molecular weight excluding hydrogens is 306 g/mol. The van der Waals surface area contributed by atoms with Gasteiger partial charge in [0.2, 0.25) is 0 Å². The van der Waals surface area contributed by atoms with Gasteiger partial charge in [0.25, 0.3) is 5.91 Å². The van der Waals surface area contributed by atoms with E-state index in [9.17, 15) is 4.79 Å². The number of carbonyl (C=O) groups excluding carboxylic acids is 1. The van der Waals surface area contributed by atoms with E-state index in [-0.39, 0.29) is 5.91 Å². The van der Waals surface area contributed by atoms with Crippen LogP contribution in [-0.2, 0) is 0 Å². The topological polar surface area (TPSA) is 45.2 Å². The molecular formula is C18H21N3OS. The van der Waals surface area contributed by atoms with Crippen LogP contribution < -0.4 is 5.32 Å². The summed E-state index contributed by atoms with van der Waals surface area (Å²) < 4.78 is 4.46. The molecule has 2 aliphatic heterocycles. The van der Waals surface area contributed by atoms with Crippen LogP contribution in [0.25, 0.3) is 11.3 Å². The number of piperidine rings is 1. The first kappa shape index (κ1) is 14.8. The van der Waals surface area contributed by atoms with Crippen molar-refractivity contribution in [2.45, 2.75) is 19.3 Å². The SMILES string of the molecule is O=C(c1cc(-c2ccccc2)ns1)N1CCC2(CCNC2)CC1. The van der Waals surface area contributed by atoms with Crippen LogP contribution in [0.2, 0.25) is 0 Å². The Balaban J connectivity index is 1.45. The lowest BCUT2D eigenvalue weighted by Crippen LogP contribution is -2.43. The average molecular weight is 327 g/mol. The molecule has 4 rings (SSSR count). The van der Waals surface area contributed by atoms with Crippen molar-refractivity contribution in [3.63, 3.8) is 0 Å². The molecule has 0 saturated carbocycles. The van der Waals surface area contributed by atoms with Crippen LogP contribution in [0.4, 0.5) is 0 Å². The van der Waals surface area contributed by atoms with E-state index >= 15 is 0 Å². The van der Waals surface area contributed by atoms with Gasteiger partial charge in [-0.1, -0.05) is 30.3 Å². The maximum Gasteiger partial charge on any atom is 0.265 e. The number of carbonyl (C=O) groups is 1. The molecule has 3 heterocycles. The number of likely N-dealkylation sites (tertiary alicyclic amines) is 1. The van der Waals surface area contributed by atoms with E-state index in [1.54, 1.807) is 0 Å². The van der Waals surface area contributed by atoms with Crippen molar-refractivity contribution in [1.82, 2.24) is 14.6 Å². The summed E-state index contributed by atoms with van der Waals surface area (Å²) >= 11 is 1.32. The monoisotopic (exact) mass is 327 g/mol. The van der Waals surface area contributed by atoms with Gasteiger partial charge in [-0.3, -0.25) is 4.79 Å². The van der Waals surface area contributed by atoms with E-state index in [0.29, 0.717) is 5.41 Å². The summed E-state index contributed by atoms with van der Waals surface area (Å²) in [6.07, 6.45) is 3.50. The van der Waals surface area contributed by atoms with Crippen molar-refractivity contribution in [2.75, 3.05) is 26.2 Å². The maximum atomic E-state index is 12.7. The molecule has 0 atom stereocenters. The van der Waals surface area contributed by atoms with Gasteiger partial charge in [0.15, 0.2) is 0 Å². The van der Waals surface area contributed by atoms with Crippen molar-refractivity contribution in [3.8, 4) is 11.3 Å². The zero-order chi connectivity index (χ0) is 15.7. The Bertz CT molecular complexity index is 681. The molecule has 1 aromatic heterocycles. The largest absolute Gasteiger partial charge is 0.338 e. The summed E-state index contributed by atoms with van der Waals surface area (Å²) in [4.78, 5) is 15.5. The van der Waals surface area contributed by atoms with E-state index in [2.05, 4.69) is 9.69 Å². The zero-order valence-electron chi connectivity index (χ0n) is 13.1. The van der Waals surface area contributed by atoms with Crippen molar-refractivity contribution in [3.05, 3.63) is 41.3 Å². The number of hydrogen-bond donors (Lipinski definition) is 1. The predicted octanol–water partition coefficient (Wildman–Crippen LogP) is 3.03. The molecule has 5 heteroatoms. The molecule has 2 fully saturated rings. The van der Waals surface area contributed by atoms with Gasteiger partial charge in [0, 0.05) is 25.2 Å². The van der Waals surface area contributed by atoms with Crippen LogP contribution in [0.5, 0.6) is 0 Å². The number of hydrogen-bond acceptors (Lipinski definition) is 4. The molecule has 4 nitrogen and oxygen atoms in total. The average Bonchev–Trinajstić information content (AvgIpc) is 3.26. The van der Waals surface area contributed by atoms with Crippen LogP contribution in [0.3, 0.4) is 0 Å². The first-order valence-electron chi connectivity index (χ1n) is 8.28. The lowest BCUT2D eigenvalue weighted by molar-refractivity contribution is 0.0612. The molecule has 0 unspecified atom stereocenters. The molecule has 1 N–H and O–H groups in total. The minimum atomic E-state index is 0.144. The number of rotatable bonds is 2. The fourth-order valence-corrected chi connectivity index (χ4v) is 4.41. The normalized spacial score (nSPS) is 20.1. The van der Waals surface area contributed by atoms with Crippen LogP contribution in [-0.4, -0.2) is 41.4 Å². The molecule has 1 aromatic carbocycles. The second-order valence-electron chi connectivity index (χ2n) is 6.66. The smallest absolute Gasteiger partial charge is 0.265 e. The molecule has 0 bridgehead atoms. The zero-order valence-corrected chi connectivity index (χ0v) is 13.9. The molecule has 1 spiro atoms. The first-order chi connectivity index (χ1) is 11.3. The Morgan fingerprint density at radius 3 is 2.65 bits per heavy atom. The fourth-order valence-electron chi connectivity index (χ4n) is 3.68. The Labute approximate surface area is 140 Å². The van der Waals surface area contributed by atoms with Crippen LogP contribution in [0.15, 0.2) is 36.4 Å². The second kappa shape index (κ2) is 6.06. The van der Waals surface area contributed by atoms with Gasteiger partial charge >= 0.3 is 0 Å². The molecule has 1 amide bonds. The minimum Gasteiger partial charge on any atom is -0.338 e. The fraction of sp³-hybridized carbons (Fsp3) is 0.444. The third kappa shape index (κ3) is 2.91. The van der Waals surface area contributed by atoms with Gasteiger partial charge in [0.05, 0.1) is 5.69 Å². The highest BCUT2D eigenvalue weighted by Crippen LogP contribution is 2.37. The lowest BCUT2D eigenvalue weighted by atomic mass is 9.78. The third-order valence-electron chi connectivity index (χ3n) is 5.23. The van der Waals surface area contributed by atoms with Crippen LogP contribution >= 0.6 is 11.5 Å². The van der Waals surface area contributed by atoms with Crippen molar-refractivity contribution < 1.29 is 4.79 Å². The highest BCUT2D eigenvalue weighted by Gasteiger charge is 2.38. The summed E-state index contributed by atoms with van der Waals surface area (Å²) in [5.41, 5.74) is 2.41. The maximum absolute atomic E-state index is 12.7. The van der Waals surface area contributed by atoms with Gasteiger partial charge in [-0.25, -0.2) is 0 Å². The summed E-state index contributed by atoms with van der Waals surface area (Å²) in [6.45, 7) is 4.00. The van der Waals surface area contributed by atoms with Crippen LogP contribution in [0.1, 0.15) is 28.9 Å². The molecule has 2 saturated heterocycles. The number of nitrogens with one attached hydrogen (secondary N) is 1. The lowest BCUT2D eigenvalue weighted by Gasteiger charge is -2.38. The number of nitrogens with zero attached hydrogens (tertiary/aromatic N) is 2. The number of aromatic nitrogens is 1. The van der Waals surface area contributed by atoms with Crippen LogP contribution in [0, 0.1) is 5.41 Å². The Morgan fingerprint density at radius 1 is 1.17 bits per heavy atom. The van der Waals surface area contributed by atoms with Gasteiger partial charge in [-0.15, -0.1) is 0 Å². The quantitative estimate of drug-likeness (QED) is 0.922. The van der Waals surface area contributed by atoms with Crippen molar-refractivity contribution in [1.29, 1.82) is 0 Å². The minimum absolute atomic E-state index is 0.144. The molecule has 120 valence electrons. The summed E-state index contributed by atoms with van der Waals surface area (Å²) in [5, 5.41) is 3.47. The van der Waals surface area contributed by atoms with Gasteiger partial charge < -0.3 is 10.2 Å². The molecule has 2 aliphatic rings. The highest BCUT2D eigenvalue weighted by atomic mass is 32.1. The molecule has 0 radical (unpaired) electrons. The summed E-state index contributed by atoms with van der Waals surface area (Å²) in [6, 6.07) is 12.0. The standard InChI is InChI=1S/C18H21N3OS/c22-17(21-10-7-18(8-11-21)6-9-19-13-18)16-12-15(20-23-16)14-4-2-1-3-5-14/h1-5,12,19H,6-11,13H2. The van der Waals surface area contributed by atoms with Gasteiger partial charge in [0.1, 0.15) is 4.88 Å². The summed E-state index contributed by atoms with van der Waals surface area (Å²) in [7, 11) is 0. The highest BCUT2D eigenvalue weighted by molar-refractivity contribution is 7.08. The number of benzene rings is 1. The predicted molar refractivity (Wildman–Crippen MR) is 92.6 cm³/mol. The molecule has 23 heavy (non-hydrogen) atoms. The first-order valence-corrected chi connectivity index (χ1v) is 9.05. The Kier molecular flexibility index (Phi) is 3.91. The van der Waals surface area contributed by atoms with Gasteiger partial charge in [-0.05, 0) is 48.8 Å². The second-order valence-corrected chi connectivity index (χ2v) is 7.47. The van der Waals surface area contributed by atoms with E-state index in [1.807, 2.05) is 41.3 Å². The van der Waals surface area contributed by atoms with E-state index in [1.165, 1.54) is 18.0 Å². The third-order valence-corrected chi connectivity index (χ3v) is 6.01.